The molecule has 4 heterocycles. The molecule has 26 heavy (non-hydrogen) atoms. The van der Waals surface area contributed by atoms with Gasteiger partial charge in [-0.15, -0.1) is 0 Å². The topological polar surface area (TPSA) is 95.1 Å². The number of fused-ring (bicyclic) bond motifs is 1. The molecule has 0 bridgehead atoms. The van der Waals surface area contributed by atoms with Crippen LogP contribution >= 0.6 is 0 Å². The van der Waals surface area contributed by atoms with Crippen molar-refractivity contribution >= 4 is 22.8 Å². The first-order valence-corrected chi connectivity index (χ1v) is 8.43. The largest absolute Gasteiger partial charge is 0.353 e. The summed E-state index contributed by atoms with van der Waals surface area (Å²) in [6.45, 7) is 4.58. The van der Waals surface area contributed by atoms with Crippen molar-refractivity contribution in [3.8, 4) is 0 Å². The van der Waals surface area contributed by atoms with Crippen molar-refractivity contribution in [2.24, 2.45) is 0 Å². The molecular formula is C18H18N6O2. The van der Waals surface area contributed by atoms with Crippen molar-refractivity contribution < 1.29 is 4.79 Å². The van der Waals surface area contributed by atoms with Crippen LogP contribution in [0.3, 0.4) is 0 Å². The Morgan fingerprint density at radius 2 is 1.96 bits per heavy atom. The maximum atomic E-state index is 12.8. The summed E-state index contributed by atoms with van der Waals surface area (Å²) in [6, 6.07) is 7.50. The van der Waals surface area contributed by atoms with Crippen LogP contribution in [0.4, 0.5) is 5.82 Å². The standard InChI is InChI=1S/C18H18N6O2/c1-12-3-2-4-15(22-12)23-5-7-24(8-6-23)18(26)13-9-14-16(19-10-13)20-11-21-17(14)25/h2-4,9-11H,5-8H2,1H3,(H,19,20,21,25). The molecule has 1 aliphatic rings. The molecule has 0 atom stereocenters. The fourth-order valence-electron chi connectivity index (χ4n) is 3.10. The number of nitrogens with one attached hydrogen (secondary N) is 1. The van der Waals surface area contributed by atoms with Gasteiger partial charge in [0.25, 0.3) is 11.5 Å². The molecule has 0 unspecified atom stereocenters. The quantitative estimate of drug-likeness (QED) is 0.740. The highest BCUT2D eigenvalue weighted by molar-refractivity contribution is 5.96. The smallest absolute Gasteiger partial charge is 0.260 e. The highest BCUT2D eigenvalue weighted by Crippen LogP contribution is 2.16. The van der Waals surface area contributed by atoms with Gasteiger partial charge in [0.15, 0.2) is 5.65 Å². The Balaban J connectivity index is 1.50. The van der Waals surface area contributed by atoms with Gasteiger partial charge in [-0.3, -0.25) is 9.59 Å². The van der Waals surface area contributed by atoms with Crippen LogP contribution < -0.4 is 10.5 Å². The molecular weight excluding hydrogens is 332 g/mol. The number of nitrogens with zero attached hydrogens (tertiary/aromatic N) is 5. The van der Waals surface area contributed by atoms with E-state index >= 15 is 0 Å². The summed E-state index contributed by atoms with van der Waals surface area (Å²) in [5.41, 5.74) is 1.41. The van der Waals surface area contributed by atoms with E-state index in [1.54, 1.807) is 11.0 Å². The molecule has 0 radical (unpaired) electrons. The van der Waals surface area contributed by atoms with Crippen LogP contribution in [0.1, 0.15) is 16.1 Å². The van der Waals surface area contributed by atoms with Gasteiger partial charge >= 0.3 is 0 Å². The lowest BCUT2D eigenvalue weighted by molar-refractivity contribution is 0.0746. The third kappa shape index (κ3) is 3.01. The maximum absolute atomic E-state index is 12.8. The minimum atomic E-state index is -0.299. The SMILES string of the molecule is Cc1cccc(N2CCN(C(=O)c3cnc4nc[nH]c(=O)c4c3)CC2)n1. The normalized spacial score (nSPS) is 14.7. The zero-order valence-corrected chi connectivity index (χ0v) is 14.3. The second-order valence-corrected chi connectivity index (χ2v) is 6.24. The summed E-state index contributed by atoms with van der Waals surface area (Å²) in [5, 5.41) is 0.320. The van der Waals surface area contributed by atoms with Crippen LogP contribution in [0.25, 0.3) is 11.0 Å². The summed E-state index contributed by atoms with van der Waals surface area (Å²) in [5.74, 6) is 0.807. The van der Waals surface area contributed by atoms with Crippen molar-refractivity contribution in [2.45, 2.75) is 6.92 Å². The Morgan fingerprint density at radius 3 is 2.73 bits per heavy atom. The molecule has 4 rings (SSSR count). The van der Waals surface area contributed by atoms with Crippen LogP contribution in [0, 0.1) is 6.92 Å². The van der Waals surface area contributed by atoms with E-state index in [9.17, 15) is 9.59 Å². The number of anilines is 1. The van der Waals surface area contributed by atoms with E-state index in [1.807, 2.05) is 25.1 Å². The lowest BCUT2D eigenvalue weighted by Gasteiger charge is -2.35. The van der Waals surface area contributed by atoms with Crippen LogP contribution in [0.2, 0.25) is 0 Å². The van der Waals surface area contributed by atoms with E-state index < -0.39 is 0 Å². The summed E-state index contributed by atoms with van der Waals surface area (Å²) >= 11 is 0. The number of aromatic amines is 1. The molecule has 1 aliphatic heterocycles. The van der Waals surface area contributed by atoms with E-state index in [0.29, 0.717) is 42.8 Å². The fourth-order valence-corrected chi connectivity index (χ4v) is 3.10. The summed E-state index contributed by atoms with van der Waals surface area (Å²) in [7, 11) is 0. The van der Waals surface area contributed by atoms with E-state index in [2.05, 4.69) is 24.8 Å². The summed E-state index contributed by atoms with van der Waals surface area (Å²) in [6.07, 6.45) is 2.78. The van der Waals surface area contributed by atoms with Crippen molar-refractivity contribution in [3.63, 3.8) is 0 Å². The molecule has 132 valence electrons. The Bertz CT molecular complexity index is 1020. The van der Waals surface area contributed by atoms with Gasteiger partial charge in [0.2, 0.25) is 0 Å². The number of hydrogen-bond acceptors (Lipinski definition) is 6. The number of rotatable bonds is 2. The second-order valence-electron chi connectivity index (χ2n) is 6.24. The lowest BCUT2D eigenvalue weighted by Crippen LogP contribution is -2.49. The molecule has 0 spiro atoms. The lowest BCUT2D eigenvalue weighted by atomic mass is 10.2. The number of hydrogen-bond donors (Lipinski definition) is 1. The van der Waals surface area contributed by atoms with Gasteiger partial charge in [-0.1, -0.05) is 6.07 Å². The van der Waals surface area contributed by atoms with Gasteiger partial charge in [0.1, 0.15) is 5.82 Å². The summed E-state index contributed by atoms with van der Waals surface area (Å²) < 4.78 is 0. The number of carbonyl (C=O) groups is 1. The van der Waals surface area contributed by atoms with Gasteiger partial charge in [0.05, 0.1) is 17.3 Å². The zero-order chi connectivity index (χ0) is 18.1. The Kier molecular flexibility index (Phi) is 4.08. The van der Waals surface area contributed by atoms with Gasteiger partial charge in [-0.25, -0.2) is 15.0 Å². The van der Waals surface area contributed by atoms with Gasteiger partial charge < -0.3 is 14.8 Å². The highest BCUT2D eigenvalue weighted by Gasteiger charge is 2.23. The maximum Gasteiger partial charge on any atom is 0.260 e. The van der Waals surface area contributed by atoms with Crippen molar-refractivity contribution in [1.82, 2.24) is 24.8 Å². The third-order valence-electron chi connectivity index (χ3n) is 4.51. The first-order valence-electron chi connectivity index (χ1n) is 8.43. The van der Waals surface area contributed by atoms with E-state index in [-0.39, 0.29) is 11.5 Å². The average Bonchev–Trinajstić information content (AvgIpc) is 2.68. The molecule has 8 heteroatoms. The molecule has 8 nitrogen and oxygen atoms in total. The van der Waals surface area contributed by atoms with Gasteiger partial charge in [0, 0.05) is 38.1 Å². The molecule has 0 aliphatic carbocycles. The van der Waals surface area contributed by atoms with Gasteiger partial charge in [-0.05, 0) is 25.1 Å². The van der Waals surface area contributed by atoms with Crippen LogP contribution in [0.15, 0.2) is 41.6 Å². The first kappa shape index (κ1) is 16.2. The number of aryl methyl sites for hydroxylation is 1. The van der Waals surface area contributed by atoms with Crippen molar-refractivity contribution in [2.75, 3.05) is 31.1 Å². The molecule has 3 aromatic rings. The predicted molar refractivity (Wildman–Crippen MR) is 97.2 cm³/mol. The number of carbonyl (C=O) groups excluding carboxylic acids is 1. The number of pyridine rings is 2. The Morgan fingerprint density at radius 1 is 1.15 bits per heavy atom. The van der Waals surface area contributed by atoms with Crippen LogP contribution in [-0.4, -0.2) is 56.9 Å². The monoisotopic (exact) mass is 350 g/mol. The molecule has 3 aromatic heterocycles. The number of aromatic nitrogens is 4. The van der Waals surface area contributed by atoms with E-state index in [4.69, 9.17) is 0 Å². The number of amides is 1. The molecule has 0 aromatic carbocycles. The van der Waals surface area contributed by atoms with Crippen molar-refractivity contribution in [1.29, 1.82) is 0 Å². The molecule has 1 saturated heterocycles. The third-order valence-corrected chi connectivity index (χ3v) is 4.51. The Labute approximate surface area is 149 Å². The fraction of sp³-hybridized carbons (Fsp3) is 0.278. The second kappa shape index (κ2) is 6.55. The van der Waals surface area contributed by atoms with Crippen molar-refractivity contribution in [3.05, 3.63) is 58.4 Å². The molecule has 1 N–H and O–H groups in total. The summed E-state index contributed by atoms with van der Waals surface area (Å²) in [4.78, 5) is 43.8. The average molecular weight is 350 g/mol. The predicted octanol–water partition coefficient (Wildman–Crippen LogP) is 0.984. The van der Waals surface area contributed by atoms with Crippen LogP contribution in [-0.2, 0) is 0 Å². The highest BCUT2D eigenvalue weighted by atomic mass is 16.2. The first-order chi connectivity index (χ1) is 12.6. The van der Waals surface area contributed by atoms with Crippen LogP contribution in [0.5, 0.6) is 0 Å². The zero-order valence-electron chi connectivity index (χ0n) is 14.3. The molecule has 1 amide bonds. The van der Waals surface area contributed by atoms with E-state index in [1.165, 1.54) is 12.5 Å². The minimum absolute atomic E-state index is 0.125. The minimum Gasteiger partial charge on any atom is -0.353 e. The molecule has 1 fully saturated rings. The number of H-pyrrole nitrogens is 1. The molecule has 0 saturated carbocycles. The Hall–Kier alpha value is -3.29. The number of piperazine rings is 1. The van der Waals surface area contributed by atoms with E-state index in [0.717, 1.165) is 11.5 Å². The van der Waals surface area contributed by atoms with Gasteiger partial charge in [-0.2, -0.15) is 0 Å².